The Kier molecular flexibility index (Phi) is 3.62. The van der Waals surface area contributed by atoms with E-state index in [1.165, 1.54) is 12.1 Å². The molecule has 0 unspecified atom stereocenters. The highest BCUT2D eigenvalue weighted by molar-refractivity contribution is 6.29. The maximum Gasteiger partial charge on any atom is 0.290 e. The summed E-state index contributed by atoms with van der Waals surface area (Å²) in [6, 6.07) is 2.94. The minimum Gasteiger partial charge on any atom is -0.365 e. The summed E-state index contributed by atoms with van der Waals surface area (Å²) in [6.07, 6.45) is 0. The number of aromatic nitrogens is 1. The van der Waals surface area contributed by atoms with Crippen LogP contribution in [0.2, 0.25) is 0 Å². The first-order valence-electron chi connectivity index (χ1n) is 4.20. The van der Waals surface area contributed by atoms with E-state index in [2.05, 4.69) is 16.9 Å². The molecule has 1 N–H and O–H groups in total. The van der Waals surface area contributed by atoms with Crippen molar-refractivity contribution in [1.29, 1.82) is 0 Å². The van der Waals surface area contributed by atoms with Gasteiger partial charge in [0.05, 0.1) is 11.5 Å². The van der Waals surface area contributed by atoms with E-state index in [-0.39, 0.29) is 5.69 Å². The first kappa shape index (κ1) is 11.5. The lowest BCUT2D eigenvalue weighted by molar-refractivity contribution is -0.385. The van der Waals surface area contributed by atoms with Gasteiger partial charge < -0.3 is 5.32 Å². The SMILES string of the molecule is C=C(Cl)CNc1ccc([N+](=O)[O-])c(C)n1. The molecular formula is C9H10ClN3O2. The van der Waals surface area contributed by atoms with Crippen molar-refractivity contribution < 1.29 is 4.92 Å². The van der Waals surface area contributed by atoms with Crippen LogP contribution in [0.4, 0.5) is 11.5 Å². The summed E-state index contributed by atoms with van der Waals surface area (Å²) in [4.78, 5) is 14.1. The molecule has 15 heavy (non-hydrogen) atoms. The highest BCUT2D eigenvalue weighted by atomic mass is 35.5. The van der Waals surface area contributed by atoms with Crippen LogP contribution in [0.3, 0.4) is 0 Å². The van der Waals surface area contributed by atoms with Crippen LogP contribution in [-0.4, -0.2) is 16.5 Å². The molecule has 80 valence electrons. The van der Waals surface area contributed by atoms with Gasteiger partial charge in [-0.25, -0.2) is 4.98 Å². The second-order valence-corrected chi connectivity index (χ2v) is 3.46. The number of nitrogens with zero attached hydrogens (tertiary/aromatic N) is 2. The molecule has 0 saturated carbocycles. The minimum absolute atomic E-state index is 0.00486. The van der Waals surface area contributed by atoms with E-state index in [4.69, 9.17) is 11.6 Å². The van der Waals surface area contributed by atoms with Crippen LogP contribution in [-0.2, 0) is 0 Å². The van der Waals surface area contributed by atoms with Crippen molar-refractivity contribution in [3.63, 3.8) is 0 Å². The van der Waals surface area contributed by atoms with Crippen LogP contribution in [0.5, 0.6) is 0 Å². The number of nitrogens with one attached hydrogen (secondary N) is 1. The molecule has 0 fully saturated rings. The van der Waals surface area contributed by atoms with Crippen molar-refractivity contribution in [1.82, 2.24) is 4.98 Å². The molecule has 1 aromatic heterocycles. The van der Waals surface area contributed by atoms with Crippen molar-refractivity contribution in [3.8, 4) is 0 Å². The second-order valence-electron chi connectivity index (χ2n) is 2.93. The molecule has 1 rings (SSSR count). The zero-order valence-electron chi connectivity index (χ0n) is 8.16. The average molecular weight is 228 g/mol. The Bertz CT molecular complexity index is 406. The summed E-state index contributed by atoms with van der Waals surface area (Å²) in [7, 11) is 0. The highest BCUT2D eigenvalue weighted by Gasteiger charge is 2.11. The molecule has 0 radical (unpaired) electrons. The molecule has 0 bridgehead atoms. The van der Waals surface area contributed by atoms with E-state index in [0.29, 0.717) is 23.1 Å². The fourth-order valence-corrected chi connectivity index (χ4v) is 1.10. The molecule has 0 aromatic carbocycles. The Morgan fingerprint density at radius 1 is 1.73 bits per heavy atom. The normalized spacial score (nSPS) is 9.73. The molecule has 6 heteroatoms. The lowest BCUT2D eigenvalue weighted by Crippen LogP contribution is -2.04. The van der Waals surface area contributed by atoms with Gasteiger partial charge in [-0.3, -0.25) is 10.1 Å². The summed E-state index contributed by atoms with van der Waals surface area (Å²) in [5.74, 6) is 0.542. The minimum atomic E-state index is -0.466. The van der Waals surface area contributed by atoms with E-state index in [1.807, 2.05) is 0 Å². The predicted molar refractivity (Wildman–Crippen MR) is 59.1 cm³/mol. The molecule has 0 aliphatic heterocycles. The van der Waals surface area contributed by atoms with Crippen LogP contribution in [0, 0.1) is 17.0 Å². The number of hydrogen-bond acceptors (Lipinski definition) is 4. The smallest absolute Gasteiger partial charge is 0.290 e. The Morgan fingerprint density at radius 2 is 2.40 bits per heavy atom. The fourth-order valence-electron chi connectivity index (χ4n) is 1.03. The maximum atomic E-state index is 10.5. The lowest BCUT2D eigenvalue weighted by Gasteiger charge is -2.04. The molecule has 0 aliphatic carbocycles. The molecule has 1 aromatic rings. The Hall–Kier alpha value is -1.62. The lowest BCUT2D eigenvalue weighted by atomic mass is 10.3. The zero-order chi connectivity index (χ0) is 11.4. The van der Waals surface area contributed by atoms with Crippen LogP contribution in [0.25, 0.3) is 0 Å². The monoisotopic (exact) mass is 227 g/mol. The average Bonchev–Trinajstić information content (AvgIpc) is 2.14. The van der Waals surface area contributed by atoms with Gasteiger partial charge in [0.1, 0.15) is 11.5 Å². The topological polar surface area (TPSA) is 68.1 Å². The number of hydrogen-bond donors (Lipinski definition) is 1. The van der Waals surface area contributed by atoms with Gasteiger partial charge in [-0.1, -0.05) is 18.2 Å². The van der Waals surface area contributed by atoms with Gasteiger partial charge in [-0.15, -0.1) is 0 Å². The Morgan fingerprint density at radius 3 is 2.87 bits per heavy atom. The van der Waals surface area contributed by atoms with Gasteiger partial charge in [-0.05, 0) is 13.0 Å². The summed E-state index contributed by atoms with van der Waals surface area (Å²) in [5, 5.41) is 13.8. The number of anilines is 1. The number of nitro groups is 1. The third-order valence-electron chi connectivity index (χ3n) is 1.72. The standard InChI is InChI=1S/C9H10ClN3O2/c1-6(10)5-11-9-4-3-8(13(14)15)7(2)12-9/h3-4H,1,5H2,2H3,(H,11,12). The molecule has 1 heterocycles. The summed E-state index contributed by atoms with van der Waals surface area (Å²) in [6.45, 7) is 5.47. The number of pyridine rings is 1. The van der Waals surface area contributed by atoms with Crippen LogP contribution in [0.1, 0.15) is 5.69 Å². The fraction of sp³-hybridized carbons (Fsp3) is 0.222. The quantitative estimate of drug-likeness (QED) is 0.634. The molecular weight excluding hydrogens is 218 g/mol. The van der Waals surface area contributed by atoms with Crippen LogP contribution in [0.15, 0.2) is 23.7 Å². The van der Waals surface area contributed by atoms with Gasteiger partial charge in [0.2, 0.25) is 0 Å². The third kappa shape index (κ3) is 3.21. The van der Waals surface area contributed by atoms with E-state index in [0.717, 1.165) is 0 Å². The van der Waals surface area contributed by atoms with Gasteiger partial charge in [0.15, 0.2) is 0 Å². The van der Waals surface area contributed by atoms with Crippen molar-refractivity contribution >= 4 is 23.1 Å². The molecule has 0 saturated heterocycles. The number of halogens is 1. The van der Waals surface area contributed by atoms with Crippen molar-refractivity contribution in [2.75, 3.05) is 11.9 Å². The highest BCUT2D eigenvalue weighted by Crippen LogP contribution is 2.17. The first-order valence-corrected chi connectivity index (χ1v) is 4.57. The maximum absolute atomic E-state index is 10.5. The first-order chi connectivity index (χ1) is 7.00. The largest absolute Gasteiger partial charge is 0.365 e. The van der Waals surface area contributed by atoms with E-state index >= 15 is 0 Å². The number of aryl methyl sites for hydroxylation is 1. The predicted octanol–water partition coefficient (Wildman–Crippen LogP) is 2.46. The number of rotatable bonds is 4. The van der Waals surface area contributed by atoms with Crippen molar-refractivity contribution in [2.45, 2.75) is 6.92 Å². The van der Waals surface area contributed by atoms with Gasteiger partial charge in [0, 0.05) is 11.1 Å². The Labute approximate surface area is 91.9 Å². The molecule has 0 amide bonds. The second kappa shape index (κ2) is 4.75. The third-order valence-corrected chi connectivity index (χ3v) is 1.85. The van der Waals surface area contributed by atoms with Crippen molar-refractivity contribution in [3.05, 3.63) is 39.6 Å². The Balaban J connectivity index is 2.82. The van der Waals surface area contributed by atoms with Crippen LogP contribution >= 0.6 is 11.6 Å². The van der Waals surface area contributed by atoms with Crippen molar-refractivity contribution in [2.24, 2.45) is 0 Å². The molecule has 5 nitrogen and oxygen atoms in total. The molecule has 0 atom stereocenters. The van der Waals surface area contributed by atoms with E-state index in [9.17, 15) is 10.1 Å². The summed E-state index contributed by atoms with van der Waals surface area (Å²) < 4.78 is 0. The van der Waals surface area contributed by atoms with E-state index in [1.54, 1.807) is 6.92 Å². The van der Waals surface area contributed by atoms with Gasteiger partial charge in [0.25, 0.3) is 5.69 Å². The summed E-state index contributed by atoms with van der Waals surface area (Å²) in [5.41, 5.74) is 0.371. The van der Waals surface area contributed by atoms with Crippen LogP contribution < -0.4 is 5.32 Å². The zero-order valence-corrected chi connectivity index (χ0v) is 8.91. The summed E-state index contributed by atoms with van der Waals surface area (Å²) >= 11 is 5.56. The van der Waals surface area contributed by atoms with Gasteiger partial charge >= 0.3 is 0 Å². The molecule has 0 aliphatic rings. The molecule has 0 spiro atoms. The van der Waals surface area contributed by atoms with E-state index < -0.39 is 4.92 Å². The van der Waals surface area contributed by atoms with Gasteiger partial charge in [-0.2, -0.15) is 0 Å².